The summed E-state index contributed by atoms with van der Waals surface area (Å²) < 4.78 is 0. The fourth-order valence-electron chi connectivity index (χ4n) is 1.44. The summed E-state index contributed by atoms with van der Waals surface area (Å²) >= 11 is 5.84. The third-order valence-electron chi connectivity index (χ3n) is 2.57. The quantitative estimate of drug-likeness (QED) is 0.856. The average molecular weight is 227 g/mol. The molecule has 0 aliphatic heterocycles. The van der Waals surface area contributed by atoms with Gasteiger partial charge in [0.25, 0.3) is 0 Å². The zero-order valence-electron chi connectivity index (χ0n) is 8.96. The van der Waals surface area contributed by atoms with Gasteiger partial charge in [0, 0.05) is 5.02 Å². The van der Waals surface area contributed by atoms with Crippen LogP contribution in [0.4, 0.5) is 0 Å². The normalized spacial score (nSPS) is 12.5. The molecule has 0 fully saturated rings. The lowest BCUT2D eigenvalue weighted by Crippen LogP contribution is -2.10. The molecule has 1 aromatic rings. The summed E-state index contributed by atoms with van der Waals surface area (Å²) in [6, 6.07) is 5.71. The van der Waals surface area contributed by atoms with Crippen molar-refractivity contribution >= 4 is 17.6 Å². The SMILES string of the molecule is Cc1cc(Cl)ccc1CCC(C)C(=O)O. The number of carbonyl (C=O) groups is 1. The van der Waals surface area contributed by atoms with Gasteiger partial charge in [0.15, 0.2) is 0 Å². The fourth-order valence-corrected chi connectivity index (χ4v) is 1.66. The van der Waals surface area contributed by atoms with Crippen molar-refractivity contribution in [3.63, 3.8) is 0 Å². The van der Waals surface area contributed by atoms with Crippen LogP contribution < -0.4 is 0 Å². The number of carboxylic acid groups (broad SMARTS) is 1. The Morgan fingerprint density at radius 3 is 2.73 bits per heavy atom. The molecule has 15 heavy (non-hydrogen) atoms. The topological polar surface area (TPSA) is 37.3 Å². The van der Waals surface area contributed by atoms with Gasteiger partial charge >= 0.3 is 5.97 Å². The highest BCUT2D eigenvalue weighted by Crippen LogP contribution is 2.18. The zero-order valence-corrected chi connectivity index (χ0v) is 9.71. The van der Waals surface area contributed by atoms with Crippen LogP contribution in [0.5, 0.6) is 0 Å². The van der Waals surface area contributed by atoms with E-state index in [-0.39, 0.29) is 5.92 Å². The number of benzene rings is 1. The Hall–Kier alpha value is -1.02. The van der Waals surface area contributed by atoms with Gasteiger partial charge in [0.05, 0.1) is 5.92 Å². The molecule has 0 bridgehead atoms. The van der Waals surface area contributed by atoms with Crippen molar-refractivity contribution in [2.75, 3.05) is 0 Å². The maximum atomic E-state index is 10.6. The van der Waals surface area contributed by atoms with Gasteiger partial charge in [-0.2, -0.15) is 0 Å². The van der Waals surface area contributed by atoms with Gasteiger partial charge in [-0.15, -0.1) is 0 Å². The van der Waals surface area contributed by atoms with Gasteiger partial charge in [0.1, 0.15) is 0 Å². The van der Waals surface area contributed by atoms with Crippen LogP contribution in [0.2, 0.25) is 5.02 Å². The molecule has 3 heteroatoms. The number of aliphatic carboxylic acids is 1. The second kappa shape index (κ2) is 5.17. The lowest BCUT2D eigenvalue weighted by molar-refractivity contribution is -0.141. The zero-order chi connectivity index (χ0) is 11.4. The highest BCUT2D eigenvalue weighted by atomic mass is 35.5. The number of hydrogen-bond donors (Lipinski definition) is 1. The standard InChI is InChI=1S/C12H15ClO2/c1-8(12(14)15)3-4-10-5-6-11(13)7-9(10)2/h5-8H,3-4H2,1-2H3,(H,14,15). The summed E-state index contributed by atoms with van der Waals surface area (Å²) in [4.78, 5) is 10.6. The second-order valence-corrected chi connectivity index (χ2v) is 4.29. The van der Waals surface area contributed by atoms with E-state index in [2.05, 4.69) is 0 Å². The van der Waals surface area contributed by atoms with Crippen molar-refractivity contribution < 1.29 is 9.90 Å². The molecular weight excluding hydrogens is 212 g/mol. The van der Waals surface area contributed by atoms with E-state index in [0.29, 0.717) is 6.42 Å². The first-order valence-electron chi connectivity index (χ1n) is 4.98. The van der Waals surface area contributed by atoms with Gasteiger partial charge in [-0.25, -0.2) is 0 Å². The summed E-state index contributed by atoms with van der Waals surface area (Å²) in [6.45, 7) is 3.72. The molecule has 0 radical (unpaired) electrons. The van der Waals surface area contributed by atoms with E-state index in [4.69, 9.17) is 16.7 Å². The number of rotatable bonds is 4. The van der Waals surface area contributed by atoms with Crippen molar-refractivity contribution in [2.45, 2.75) is 26.7 Å². The summed E-state index contributed by atoms with van der Waals surface area (Å²) in [5.41, 5.74) is 2.30. The average Bonchev–Trinajstić information content (AvgIpc) is 2.15. The first-order chi connectivity index (χ1) is 7.00. The molecule has 0 aliphatic rings. The van der Waals surface area contributed by atoms with E-state index >= 15 is 0 Å². The van der Waals surface area contributed by atoms with E-state index < -0.39 is 5.97 Å². The number of hydrogen-bond acceptors (Lipinski definition) is 1. The Kier molecular flexibility index (Phi) is 4.15. The molecule has 0 aliphatic carbocycles. The molecule has 1 rings (SSSR count). The van der Waals surface area contributed by atoms with Crippen LogP contribution in [0, 0.1) is 12.8 Å². The maximum absolute atomic E-state index is 10.6. The molecule has 82 valence electrons. The van der Waals surface area contributed by atoms with E-state index in [9.17, 15) is 4.79 Å². The predicted octanol–water partition coefficient (Wildman–Crippen LogP) is 3.30. The van der Waals surface area contributed by atoms with Crippen LogP contribution in [0.1, 0.15) is 24.5 Å². The fraction of sp³-hybridized carbons (Fsp3) is 0.417. The van der Waals surface area contributed by atoms with Crippen LogP contribution in [-0.2, 0) is 11.2 Å². The number of carboxylic acids is 1. The smallest absolute Gasteiger partial charge is 0.306 e. The van der Waals surface area contributed by atoms with Crippen LogP contribution in [0.3, 0.4) is 0 Å². The summed E-state index contributed by atoms with van der Waals surface area (Å²) in [5.74, 6) is -1.03. The molecular formula is C12H15ClO2. The second-order valence-electron chi connectivity index (χ2n) is 3.85. The van der Waals surface area contributed by atoms with Gasteiger partial charge < -0.3 is 5.11 Å². The molecule has 0 spiro atoms. The van der Waals surface area contributed by atoms with Gasteiger partial charge in [0.2, 0.25) is 0 Å². The van der Waals surface area contributed by atoms with Gasteiger partial charge in [-0.1, -0.05) is 24.6 Å². The third kappa shape index (κ3) is 3.56. The van der Waals surface area contributed by atoms with Gasteiger partial charge in [-0.05, 0) is 43.0 Å². The molecule has 0 saturated carbocycles. The molecule has 1 aromatic carbocycles. The predicted molar refractivity (Wildman–Crippen MR) is 61.3 cm³/mol. The van der Waals surface area contributed by atoms with Crippen LogP contribution >= 0.6 is 11.6 Å². The molecule has 1 unspecified atom stereocenters. The highest BCUT2D eigenvalue weighted by molar-refractivity contribution is 6.30. The molecule has 0 amide bonds. The van der Waals surface area contributed by atoms with E-state index in [1.54, 1.807) is 6.92 Å². The largest absolute Gasteiger partial charge is 0.481 e. The number of aryl methyl sites for hydroxylation is 2. The highest BCUT2D eigenvalue weighted by Gasteiger charge is 2.11. The first-order valence-corrected chi connectivity index (χ1v) is 5.36. The Balaban J connectivity index is 2.62. The van der Waals surface area contributed by atoms with Crippen molar-refractivity contribution in [2.24, 2.45) is 5.92 Å². The first kappa shape index (κ1) is 12.1. The summed E-state index contributed by atoms with van der Waals surface area (Å²) in [6.07, 6.45) is 1.45. The molecule has 1 N–H and O–H groups in total. The van der Waals surface area contributed by atoms with E-state index in [1.165, 1.54) is 5.56 Å². The summed E-state index contributed by atoms with van der Waals surface area (Å²) in [7, 11) is 0. The lowest BCUT2D eigenvalue weighted by Gasteiger charge is -2.08. The van der Waals surface area contributed by atoms with Crippen molar-refractivity contribution in [1.29, 1.82) is 0 Å². The Morgan fingerprint density at radius 1 is 1.53 bits per heavy atom. The lowest BCUT2D eigenvalue weighted by atomic mass is 9.98. The summed E-state index contributed by atoms with van der Waals surface area (Å²) in [5, 5.41) is 9.48. The van der Waals surface area contributed by atoms with Crippen LogP contribution in [0.25, 0.3) is 0 Å². The maximum Gasteiger partial charge on any atom is 0.306 e. The monoisotopic (exact) mass is 226 g/mol. The van der Waals surface area contributed by atoms with Crippen molar-refractivity contribution in [3.05, 3.63) is 34.3 Å². The Morgan fingerprint density at radius 2 is 2.20 bits per heavy atom. The van der Waals surface area contributed by atoms with Crippen molar-refractivity contribution in [1.82, 2.24) is 0 Å². The molecule has 0 aromatic heterocycles. The molecule has 0 saturated heterocycles. The molecule has 2 nitrogen and oxygen atoms in total. The molecule has 0 heterocycles. The minimum Gasteiger partial charge on any atom is -0.481 e. The Labute approximate surface area is 94.9 Å². The van der Waals surface area contributed by atoms with Crippen LogP contribution in [0.15, 0.2) is 18.2 Å². The van der Waals surface area contributed by atoms with Gasteiger partial charge in [-0.3, -0.25) is 4.79 Å². The Bertz CT molecular complexity index is 361. The minimum atomic E-state index is -0.735. The number of halogens is 1. The van der Waals surface area contributed by atoms with Crippen LogP contribution in [-0.4, -0.2) is 11.1 Å². The van der Waals surface area contributed by atoms with E-state index in [1.807, 2.05) is 25.1 Å². The molecule has 1 atom stereocenters. The minimum absolute atomic E-state index is 0.292. The van der Waals surface area contributed by atoms with Crippen molar-refractivity contribution in [3.8, 4) is 0 Å². The van der Waals surface area contributed by atoms with E-state index in [0.717, 1.165) is 17.0 Å². The third-order valence-corrected chi connectivity index (χ3v) is 2.81.